The van der Waals surface area contributed by atoms with Gasteiger partial charge in [-0.15, -0.1) is 0 Å². The van der Waals surface area contributed by atoms with Gasteiger partial charge in [0.2, 0.25) is 0 Å². The largest absolute Gasteiger partial charge is 0.481 e. The summed E-state index contributed by atoms with van der Waals surface area (Å²) in [6, 6.07) is 11.6. The summed E-state index contributed by atoms with van der Waals surface area (Å²) in [5.74, 6) is -0.737. The van der Waals surface area contributed by atoms with Gasteiger partial charge in [-0.3, -0.25) is 0 Å². The van der Waals surface area contributed by atoms with E-state index in [0.717, 1.165) is 0 Å². The van der Waals surface area contributed by atoms with Crippen LogP contribution in [0.2, 0.25) is 0 Å². The molecule has 0 amide bonds. The molecule has 0 radical (unpaired) electrons. The number of rotatable bonds is 4. The summed E-state index contributed by atoms with van der Waals surface area (Å²) in [5.41, 5.74) is 6.43. The SMILES string of the molecule is CC(N)C(Oc1ccccc1F)c1cccc(F)c1. The normalized spacial score (nSPS) is 13.9. The molecule has 0 bridgehead atoms. The minimum absolute atomic E-state index is 0.106. The molecule has 100 valence electrons. The van der Waals surface area contributed by atoms with Crippen LogP contribution in [-0.4, -0.2) is 6.04 Å². The summed E-state index contributed by atoms with van der Waals surface area (Å²) >= 11 is 0. The summed E-state index contributed by atoms with van der Waals surface area (Å²) in [4.78, 5) is 0. The zero-order valence-corrected chi connectivity index (χ0v) is 10.5. The molecular formula is C15H15F2NO. The van der Waals surface area contributed by atoms with Crippen molar-refractivity contribution in [2.75, 3.05) is 0 Å². The van der Waals surface area contributed by atoms with Crippen LogP contribution in [0, 0.1) is 11.6 Å². The van der Waals surface area contributed by atoms with E-state index in [9.17, 15) is 8.78 Å². The standard InChI is InChI=1S/C15H15F2NO/c1-10(18)15(11-5-4-6-12(16)9-11)19-14-8-3-2-7-13(14)17/h2-10,15H,18H2,1H3. The van der Waals surface area contributed by atoms with Crippen molar-refractivity contribution in [1.29, 1.82) is 0 Å². The van der Waals surface area contributed by atoms with Crippen LogP contribution in [0.4, 0.5) is 8.78 Å². The molecule has 4 heteroatoms. The summed E-state index contributed by atoms with van der Waals surface area (Å²) in [7, 11) is 0. The number of ether oxygens (including phenoxy) is 1. The first-order valence-electron chi connectivity index (χ1n) is 6.00. The first-order chi connectivity index (χ1) is 9.08. The molecule has 19 heavy (non-hydrogen) atoms. The fourth-order valence-corrected chi connectivity index (χ4v) is 1.84. The second kappa shape index (κ2) is 5.80. The van der Waals surface area contributed by atoms with Crippen molar-refractivity contribution in [3.05, 3.63) is 65.7 Å². The van der Waals surface area contributed by atoms with E-state index in [1.807, 2.05) is 0 Å². The minimum atomic E-state index is -0.604. The van der Waals surface area contributed by atoms with Gasteiger partial charge in [0.15, 0.2) is 11.6 Å². The van der Waals surface area contributed by atoms with Crippen LogP contribution in [0.5, 0.6) is 5.75 Å². The second-order valence-corrected chi connectivity index (χ2v) is 4.38. The molecule has 0 spiro atoms. The average Bonchev–Trinajstić information content (AvgIpc) is 2.37. The van der Waals surface area contributed by atoms with E-state index in [-0.39, 0.29) is 11.6 Å². The van der Waals surface area contributed by atoms with Crippen LogP contribution in [0.3, 0.4) is 0 Å². The van der Waals surface area contributed by atoms with E-state index in [0.29, 0.717) is 5.56 Å². The molecule has 0 saturated heterocycles. The van der Waals surface area contributed by atoms with Crippen LogP contribution in [0.1, 0.15) is 18.6 Å². The molecule has 2 rings (SSSR count). The first kappa shape index (κ1) is 13.5. The Morgan fingerprint density at radius 3 is 2.42 bits per heavy atom. The minimum Gasteiger partial charge on any atom is -0.481 e. The Kier molecular flexibility index (Phi) is 4.12. The lowest BCUT2D eigenvalue weighted by Gasteiger charge is -2.23. The third-order valence-electron chi connectivity index (χ3n) is 2.75. The van der Waals surface area contributed by atoms with Gasteiger partial charge in [0.05, 0.1) is 0 Å². The van der Waals surface area contributed by atoms with Gasteiger partial charge in [0.25, 0.3) is 0 Å². The summed E-state index contributed by atoms with van der Waals surface area (Å²) in [6.07, 6.45) is -0.604. The van der Waals surface area contributed by atoms with Gasteiger partial charge in [-0.2, -0.15) is 0 Å². The number of benzene rings is 2. The molecule has 0 heterocycles. The topological polar surface area (TPSA) is 35.2 Å². The molecule has 0 aliphatic heterocycles. The van der Waals surface area contributed by atoms with Gasteiger partial charge < -0.3 is 10.5 Å². The molecule has 2 unspecified atom stereocenters. The zero-order valence-electron chi connectivity index (χ0n) is 10.5. The summed E-state index contributed by atoms with van der Waals surface area (Å²) in [5, 5.41) is 0. The van der Waals surface area contributed by atoms with Crippen LogP contribution >= 0.6 is 0 Å². The molecule has 2 nitrogen and oxygen atoms in total. The van der Waals surface area contributed by atoms with E-state index < -0.39 is 18.0 Å². The molecule has 0 fully saturated rings. The highest BCUT2D eigenvalue weighted by Gasteiger charge is 2.20. The number of halogens is 2. The molecule has 2 aromatic rings. The predicted molar refractivity (Wildman–Crippen MR) is 69.8 cm³/mol. The highest BCUT2D eigenvalue weighted by Crippen LogP contribution is 2.26. The Morgan fingerprint density at radius 2 is 1.79 bits per heavy atom. The first-order valence-corrected chi connectivity index (χ1v) is 6.00. The quantitative estimate of drug-likeness (QED) is 0.917. The van der Waals surface area contributed by atoms with Gasteiger partial charge in [-0.05, 0) is 36.8 Å². The van der Waals surface area contributed by atoms with Gasteiger partial charge >= 0.3 is 0 Å². The van der Waals surface area contributed by atoms with Crippen LogP contribution < -0.4 is 10.5 Å². The molecular weight excluding hydrogens is 248 g/mol. The van der Waals surface area contributed by atoms with Crippen molar-refractivity contribution in [1.82, 2.24) is 0 Å². The Labute approximate surface area is 110 Å². The Balaban J connectivity index is 2.29. The van der Waals surface area contributed by atoms with E-state index in [1.165, 1.54) is 24.3 Å². The fraction of sp³-hybridized carbons (Fsp3) is 0.200. The smallest absolute Gasteiger partial charge is 0.165 e. The summed E-state index contributed by atoms with van der Waals surface area (Å²) in [6.45, 7) is 1.73. The Bertz CT molecular complexity index is 557. The molecule has 0 aromatic heterocycles. The Hall–Kier alpha value is -1.94. The fourth-order valence-electron chi connectivity index (χ4n) is 1.84. The molecule has 2 N–H and O–H groups in total. The second-order valence-electron chi connectivity index (χ2n) is 4.38. The maximum atomic E-state index is 13.6. The van der Waals surface area contributed by atoms with Crippen molar-refractivity contribution in [3.8, 4) is 5.75 Å². The van der Waals surface area contributed by atoms with Gasteiger partial charge in [0.1, 0.15) is 11.9 Å². The van der Waals surface area contributed by atoms with E-state index in [2.05, 4.69) is 0 Å². The molecule has 0 saturated carbocycles. The van der Waals surface area contributed by atoms with E-state index in [1.54, 1.807) is 31.2 Å². The van der Waals surface area contributed by atoms with Gasteiger partial charge in [-0.1, -0.05) is 24.3 Å². The van der Waals surface area contributed by atoms with E-state index in [4.69, 9.17) is 10.5 Å². The lowest BCUT2D eigenvalue weighted by Crippen LogP contribution is -2.29. The Morgan fingerprint density at radius 1 is 1.05 bits per heavy atom. The summed E-state index contributed by atoms with van der Waals surface area (Å²) < 4.78 is 32.4. The van der Waals surface area contributed by atoms with Crippen LogP contribution in [0.15, 0.2) is 48.5 Å². The highest BCUT2D eigenvalue weighted by atomic mass is 19.1. The molecule has 2 atom stereocenters. The maximum Gasteiger partial charge on any atom is 0.165 e. The van der Waals surface area contributed by atoms with Crippen molar-refractivity contribution < 1.29 is 13.5 Å². The molecule has 0 aliphatic rings. The predicted octanol–water partition coefficient (Wildman–Crippen LogP) is 3.43. The average molecular weight is 263 g/mol. The van der Waals surface area contributed by atoms with Crippen molar-refractivity contribution in [2.24, 2.45) is 5.73 Å². The van der Waals surface area contributed by atoms with E-state index >= 15 is 0 Å². The lowest BCUT2D eigenvalue weighted by atomic mass is 10.0. The lowest BCUT2D eigenvalue weighted by molar-refractivity contribution is 0.172. The third-order valence-corrected chi connectivity index (χ3v) is 2.75. The van der Waals surface area contributed by atoms with Crippen molar-refractivity contribution >= 4 is 0 Å². The highest BCUT2D eigenvalue weighted by molar-refractivity contribution is 5.27. The van der Waals surface area contributed by atoms with Crippen molar-refractivity contribution in [3.63, 3.8) is 0 Å². The van der Waals surface area contributed by atoms with Crippen molar-refractivity contribution in [2.45, 2.75) is 19.1 Å². The maximum absolute atomic E-state index is 13.6. The number of hydrogen-bond acceptors (Lipinski definition) is 2. The number of nitrogens with two attached hydrogens (primary N) is 1. The number of para-hydroxylation sites is 1. The zero-order chi connectivity index (χ0) is 13.8. The number of hydrogen-bond donors (Lipinski definition) is 1. The van der Waals surface area contributed by atoms with Crippen LogP contribution in [-0.2, 0) is 0 Å². The molecule has 2 aromatic carbocycles. The van der Waals surface area contributed by atoms with Crippen LogP contribution in [0.25, 0.3) is 0 Å². The van der Waals surface area contributed by atoms with Gasteiger partial charge in [-0.25, -0.2) is 8.78 Å². The van der Waals surface area contributed by atoms with Gasteiger partial charge in [0, 0.05) is 6.04 Å². The third kappa shape index (κ3) is 3.29. The molecule has 0 aliphatic carbocycles. The monoisotopic (exact) mass is 263 g/mol.